The predicted molar refractivity (Wildman–Crippen MR) is 405 cm³/mol. The minimum absolute atomic E-state index is 0.122. The third-order valence-electron chi connectivity index (χ3n) is 21.1. The van der Waals surface area contributed by atoms with Crippen LogP contribution in [0.25, 0.3) is 11.1 Å². The summed E-state index contributed by atoms with van der Waals surface area (Å²) in [4.78, 5) is 85.9. The Bertz CT molecular complexity index is 3100. The van der Waals surface area contributed by atoms with E-state index in [1.165, 1.54) is 122 Å². The second kappa shape index (κ2) is 47.1. The van der Waals surface area contributed by atoms with Crippen molar-refractivity contribution >= 4 is 35.8 Å². The number of aliphatic carboxylic acids is 2. The highest BCUT2D eigenvalue weighted by Crippen LogP contribution is 2.49. The van der Waals surface area contributed by atoms with Crippen molar-refractivity contribution in [3.05, 3.63) is 131 Å². The fourth-order valence-electron chi connectivity index (χ4n) is 14.9. The van der Waals surface area contributed by atoms with Crippen molar-refractivity contribution in [3.8, 4) is 23.3 Å². The number of esters is 4. The Morgan fingerprint density at radius 2 is 0.784 bits per heavy atom. The average molecular weight is 1400 g/mol. The van der Waals surface area contributed by atoms with E-state index in [-0.39, 0.29) is 45.2 Å². The zero-order valence-electron chi connectivity index (χ0n) is 63.5. The molecule has 2 N–H and O–H groups in total. The van der Waals surface area contributed by atoms with Gasteiger partial charge in [-0.05, 0) is 64.5 Å². The molecule has 14 nitrogen and oxygen atoms in total. The van der Waals surface area contributed by atoms with Gasteiger partial charge in [-0.2, -0.15) is 10.5 Å². The van der Waals surface area contributed by atoms with Crippen molar-refractivity contribution in [3.63, 3.8) is 0 Å². The van der Waals surface area contributed by atoms with Crippen LogP contribution in [-0.2, 0) is 47.7 Å². The number of hydrogen-bond acceptors (Lipinski definition) is 12. The zero-order valence-corrected chi connectivity index (χ0v) is 63.5. The highest BCUT2D eigenvalue weighted by molar-refractivity contribution is 5.86. The van der Waals surface area contributed by atoms with Gasteiger partial charge in [0.25, 0.3) is 0 Å². The molecule has 0 aromatic heterocycles. The van der Waals surface area contributed by atoms with Crippen LogP contribution >= 0.6 is 0 Å². The number of nitriles is 2. The molecule has 0 aliphatic heterocycles. The fraction of sp³-hybridized carbons (Fsp3) is 0.636. The summed E-state index contributed by atoms with van der Waals surface area (Å²) in [5.74, 6) is -15.5. The number of carboxylic acid groups (broad SMARTS) is 2. The molecule has 102 heavy (non-hydrogen) atoms. The first kappa shape index (κ1) is 85.3. The average Bonchev–Trinajstić information content (AvgIpc) is 1.60. The van der Waals surface area contributed by atoms with Crippen LogP contribution in [0, 0.1) is 80.8 Å². The van der Waals surface area contributed by atoms with Gasteiger partial charge in [-0.1, -0.05) is 351 Å². The van der Waals surface area contributed by atoms with Crippen LogP contribution in [0.5, 0.6) is 0 Å². The van der Waals surface area contributed by atoms with E-state index in [0.717, 1.165) is 97.6 Å². The van der Waals surface area contributed by atoms with Gasteiger partial charge in [0.1, 0.15) is 0 Å². The first-order valence-corrected chi connectivity index (χ1v) is 39.4. The van der Waals surface area contributed by atoms with Gasteiger partial charge in [0.15, 0.2) is 11.8 Å². The maximum absolute atomic E-state index is 15.5. The highest BCUT2D eigenvalue weighted by atomic mass is 16.6. The minimum Gasteiger partial charge on any atom is -0.481 e. The first-order valence-electron chi connectivity index (χ1n) is 39.4. The molecule has 0 saturated heterocycles. The van der Waals surface area contributed by atoms with Crippen LogP contribution < -0.4 is 0 Å². The van der Waals surface area contributed by atoms with Gasteiger partial charge in [-0.3, -0.25) is 28.8 Å². The molecule has 4 aromatic rings. The molecule has 560 valence electrons. The summed E-state index contributed by atoms with van der Waals surface area (Å²) in [6.45, 7) is 13.8. The van der Waals surface area contributed by atoms with Crippen LogP contribution in [0.3, 0.4) is 0 Å². The number of carbonyl (C=O) groups excluding carboxylic acids is 4. The molecule has 8 atom stereocenters. The topological polar surface area (TPSA) is 227 Å². The third-order valence-corrected chi connectivity index (χ3v) is 21.1. The number of carbonyl (C=O) groups is 6. The lowest BCUT2D eigenvalue weighted by Gasteiger charge is -2.35. The number of ether oxygens (including phenoxy) is 4. The van der Waals surface area contributed by atoms with Crippen molar-refractivity contribution in [1.82, 2.24) is 0 Å². The van der Waals surface area contributed by atoms with Crippen molar-refractivity contribution in [2.45, 2.75) is 273 Å². The quantitative estimate of drug-likeness (QED) is 0.0238. The molecule has 7 unspecified atom stereocenters. The largest absolute Gasteiger partial charge is 0.481 e. The van der Waals surface area contributed by atoms with E-state index in [2.05, 4.69) is 26.0 Å². The Kier molecular flexibility index (Phi) is 39.4. The van der Waals surface area contributed by atoms with E-state index in [9.17, 15) is 44.7 Å². The predicted octanol–water partition coefficient (Wildman–Crippen LogP) is 21.6. The second-order valence-electron chi connectivity index (χ2n) is 31.2. The molecule has 1 aliphatic rings. The normalized spacial score (nSPS) is 14.5. The van der Waals surface area contributed by atoms with Crippen molar-refractivity contribution in [2.75, 3.05) is 26.4 Å². The molecule has 0 radical (unpaired) electrons. The third kappa shape index (κ3) is 29.4. The van der Waals surface area contributed by atoms with E-state index < -0.39 is 99.9 Å². The molecule has 1 aliphatic carbocycles. The summed E-state index contributed by atoms with van der Waals surface area (Å²) in [6, 6.07) is 38.4. The number of unbranched alkanes of at least 4 members (excludes halogenated alkanes) is 26. The lowest BCUT2D eigenvalue weighted by Crippen LogP contribution is -2.42. The van der Waals surface area contributed by atoms with E-state index in [4.69, 9.17) is 18.9 Å². The van der Waals surface area contributed by atoms with E-state index in [0.29, 0.717) is 12.8 Å². The van der Waals surface area contributed by atoms with Crippen LogP contribution in [0.1, 0.15) is 295 Å². The number of fused-ring (bicyclic) bond motifs is 3. The molecular formula is C88H126N2O12. The van der Waals surface area contributed by atoms with Crippen LogP contribution in [0.2, 0.25) is 0 Å². The zero-order chi connectivity index (χ0) is 74.1. The Hall–Kier alpha value is -7.32. The molecule has 4 aromatic carbocycles. The molecule has 0 heterocycles. The number of carboxylic acids is 2. The molecule has 0 fully saturated rings. The highest BCUT2D eigenvalue weighted by Gasteiger charge is 2.46. The van der Waals surface area contributed by atoms with Gasteiger partial charge < -0.3 is 29.2 Å². The van der Waals surface area contributed by atoms with Crippen molar-refractivity contribution < 1.29 is 57.9 Å². The summed E-state index contributed by atoms with van der Waals surface area (Å²) in [6.07, 6.45) is 33.4. The van der Waals surface area contributed by atoms with Crippen molar-refractivity contribution in [1.29, 1.82) is 10.5 Å². The van der Waals surface area contributed by atoms with Crippen molar-refractivity contribution in [2.24, 2.45) is 58.2 Å². The Morgan fingerprint density at radius 1 is 0.422 bits per heavy atom. The number of hydrogen-bond donors (Lipinski definition) is 2. The van der Waals surface area contributed by atoms with Gasteiger partial charge in [0, 0.05) is 22.7 Å². The second-order valence-corrected chi connectivity index (χ2v) is 31.2. The molecule has 0 bridgehead atoms. The number of benzene rings is 4. The number of nitrogens with zero attached hydrogens (tertiary/aromatic N) is 2. The molecule has 5 rings (SSSR count). The number of rotatable bonds is 55. The standard InChI is InChI=1S/C88H126N2O12/c1-9-11-13-15-17-19-21-23-25-27-29-31-33-37-47-65(3)57-75(82(93)94)79(86(98)102-64-88(7,8)63-100-84(96)76(59-89)78(67-48-39-35-40-49-67)68-50-41-36-42-51-68)69(52-38-34-32-30-28-26-24-22-20-18-16-14-12-10-2)58-74(66(4)81(91)92)83(95)99-61-87(5,6)62-101-85(97)77(60-90)80-72-55-45-43-53-70(72)71-54-44-46-56-73(71)80/h35-36,39-46,48-51,53-56,65-66,69,74-80H,9-34,37-38,47,52,57-58,61-64H2,1-8H3,(H,91,92)(H,93,94)/t65?,66?,69-,74?,75?,76?,77?,79?/m0/s1. The molecule has 14 heteroatoms. The van der Waals surface area contributed by atoms with Crippen LogP contribution in [0.15, 0.2) is 109 Å². The molecule has 0 spiro atoms. The smallest absolute Gasteiger partial charge is 0.324 e. The molecule has 0 saturated carbocycles. The molecule has 0 amide bonds. The van der Waals surface area contributed by atoms with Gasteiger partial charge in [-0.25, -0.2) is 0 Å². The van der Waals surface area contributed by atoms with Gasteiger partial charge in [-0.15, -0.1) is 0 Å². The first-order chi connectivity index (χ1) is 49.2. The maximum atomic E-state index is 15.5. The Balaban J connectivity index is 1.38. The molecular weight excluding hydrogens is 1280 g/mol. The monoisotopic (exact) mass is 1400 g/mol. The minimum atomic E-state index is -1.35. The summed E-state index contributed by atoms with van der Waals surface area (Å²) in [7, 11) is 0. The van der Waals surface area contributed by atoms with Gasteiger partial charge in [0.05, 0.1) is 62.2 Å². The maximum Gasteiger partial charge on any atom is 0.324 e. The van der Waals surface area contributed by atoms with Crippen LogP contribution in [0.4, 0.5) is 0 Å². The summed E-state index contributed by atoms with van der Waals surface area (Å²) in [5.41, 5.74) is 3.05. The lowest BCUT2D eigenvalue weighted by molar-refractivity contribution is -0.168. The van der Waals surface area contributed by atoms with E-state index >= 15 is 4.79 Å². The fourth-order valence-corrected chi connectivity index (χ4v) is 14.9. The Labute approximate surface area is 613 Å². The van der Waals surface area contributed by atoms with Crippen LogP contribution in [-0.4, -0.2) is 72.5 Å². The summed E-state index contributed by atoms with van der Waals surface area (Å²) in [5, 5.41) is 43.5. The summed E-state index contributed by atoms with van der Waals surface area (Å²) >= 11 is 0. The SMILES string of the molecule is CCCCCCCCCCCCCCCCC(C)CC(C(=O)O)C(C(=O)OCC(C)(C)COC(=O)C(C#N)C(c1ccccc1)c1ccccc1)[C@@H](CCCCCCCCCCCCCCCC)CC(C(=O)OCC(C)(C)COC(=O)C(C#N)C1c2ccccc2-c2ccccc21)C(C)C(=O)O. The summed E-state index contributed by atoms with van der Waals surface area (Å²) < 4.78 is 24.3. The van der Waals surface area contributed by atoms with Gasteiger partial charge >= 0.3 is 35.8 Å². The Morgan fingerprint density at radius 3 is 1.18 bits per heavy atom. The van der Waals surface area contributed by atoms with Gasteiger partial charge in [0.2, 0.25) is 0 Å². The van der Waals surface area contributed by atoms with E-state index in [1.54, 1.807) is 27.7 Å². The van der Waals surface area contributed by atoms with E-state index in [1.807, 2.05) is 116 Å². The lowest BCUT2D eigenvalue weighted by atomic mass is 9.70.